The maximum absolute atomic E-state index is 13.7. The number of benzene rings is 1. The average molecular weight is 258 g/mol. The second-order valence-corrected chi connectivity index (χ2v) is 4.47. The summed E-state index contributed by atoms with van der Waals surface area (Å²) < 4.78 is 32.4. The van der Waals surface area contributed by atoms with Gasteiger partial charge in [-0.05, 0) is 18.1 Å². The van der Waals surface area contributed by atoms with E-state index in [2.05, 4.69) is 0 Å². The number of hydrogen-bond donors (Lipinski definition) is 2. The van der Waals surface area contributed by atoms with Gasteiger partial charge < -0.3 is 14.9 Å². The van der Waals surface area contributed by atoms with Gasteiger partial charge in [-0.1, -0.05) is 6.92 Å². The standard InChI is InChI=1S/C13H16F2O3/c1-2-7-3-8(10(15)4-9(7)14)12-5-11(17)13(6-16)18-12/h3-4,11-13,16-17H,2,5-6H2,1H3/t11-,12+,13+/m0/s1. The van der Waals surface area contributed by atoms with Crippen molar-refractivity contribution in [2.24, 2.45) is 0 Å². The predicted molar refractivity (Wildman–Crippen MR) is 61.1 cm³/mol. The molecule has 0 bridgehead atoms. The molecule has 100 valence electrons. The number of aryl methyl sites for hydroxylation is 1. The third-order valence-electron chi connectivity index (χ3n) is 3.30. The van der Waals surface area contributed by atoms with E-state index in [9.17, 15) is 13.9 Å². The van der Waals surface area contributed by atoms with Crippen LogP contribution in [0.5, 0.6) is 0 Å². The molecule has 1 aliphatic rings. The molecule has 3 atom stereocenters. The van der Waals surface area contributed by atoms with E-state index in [-0.39, 0.29) is 18.6 Å². The van der Waals surface area contributed by atoms with Crippen molar-refractivity contribution >= 4 is 0 Å². The Morgan fingerprint density at radius 2 is 2.06 bits per heavy atom. The fourth-order valence-electron chi connectivity index (χ4n) is 2.22. The van der Waals surface area contributed by atoms with Gasteiger partial charge in [0.25, 0.3) is 0 Å². The number of hydrogen-bond acceptors (Lipinski definition) is 3. The smallest absolute Gasteiger partial charge is 0.131 e. The molecule has 0 unspecified atom stereocenters. The lowest BCUT2D eigenvalue weighted by molar-refractivity contribution is -0.0233. The van der Waals surface area contributed by atoms with E-state index in [1.165, 1.54) is 6.07 Å². The second kappa shape index (κ2) is 5.30. The maximum atomic E-state index is 13.7. The van der Waals surface area contributed by atoms with Crippen molar-refractivity contribution in [3.8, 4) is 0 Å². The van der Waals surface area contributed by atoms with Crippen molar-refractivity contribution in [2.75, 3.05) is 6.61 Å². The van der Waals surface area contributed by atoms with Crippen molar-refractivity contribution in [3.63, 3.8) is 0 Å². The molecule has 0 saturated carbocycles. The Morgan fingerprint density at radius 3 is 2.61 bits per heavy atom. The molecule has 2 rings (SSSR count). The summed E-state index contributed by atoms with van der Waals surface area (Å²) in [5.41, 5.74) is 0.653. The first-order valence-electron chi connectivity index (χ1n) is 5.99. The van der Waals surface area contributed by atoms with Gasteiger partial charge in [-0.15, -0.1) is 0 Å². The van der Waals surface area contributed by atoms with Gasteiger partial charge in [-0.25, -0.2) is 8.78 Å². The fourth-order valence-corrected chi connectivity index (χ4v) is 2.22. The third kappa shape index (κ3) is 2.39. The Labute approximate surface area is 104 Å². The number of aliphatic hydroxyl groups excluding tert-OH is 2. The van der Waals surface area contributed by atoms with Crippen LogP contribution in [0.1, 0.15) is 30.6 Å². The summed E-state index contributed by atoms with van der Waals surface area (Å²) in [6, 6.07) is 2.28. The van der Waals surface area contributed by atoms with Crippen molar-refractivity contribution in [1.29, 1.82) is 0 Å². The Kier molecular flexibility index (Phi) is 3.94. The highest BCUT2D eigenvalue weighted by Crippen LogP contribution is 2.35. The highest BCUT2D eigenvalue weighted by molar-refractivity contribution is 5.29. The molecule has 0 spiro atoms. The first-order chi connectivity index (χ1) is 8.56. The first-order valence-corrected chi connectivity index (χ1v) is 5.99. The SMILES string of the molecule is CCc1cc([C@H]2C[C@H](O)[C@@H](CO)O2)c(F)cc1F. The Hall–Kier alpha value is -1.04. The maximum Gasteiger partial charge on any atom is 0.131 e. The minimum atomic E-state index is -0.825. The summed E-state index contributed by atoms with van der Waals surface area (Å²) in [5, 5.41) is 18.6. The van der Waals surface area contributed by atoms with Crippen LogP contribution in [0.4, 0.5) is 8.78 Å². The van der Waals surface area contributed by atoms with E-state index in [0.717, 1.165) is 6.07 Å². The van der Waals surface area contributed by atoms with Crippen LogP contribution < -0.4 is 0 Å². The lowest BCUT2D eigenvalue weighted by atomic mass is 10.0. The zero-order valence-electron chi connectivity index (χ0n) is 10.1. The molecule has 2 N–H and O–H groups in total. The Balaban J connectivity index is 2.29. The molecule has 0 radical (unpaired) electrons. The molecule has 0 aliphatic carbocycles. The fraction of sp³-hybridized carbons (Fsp3) is 0.538. The summed E-state index contributed by atoms with van der Waals surface area (Å²) in [6.45, 7) is 1.46. The minimum Gasteiger partial charge on any atom is -0.394 e. The molecule has 0 aromatic heterocycles. The van der Waals surface area contributed by atoms with Gasteiger partial charge in [0.15, 0.2) is 0 Å². The number of rotatable bonds is 3. The van der Waals surface area contributed by atoms with Gasteiger partial charge in [0, 0.05) is 18.1 Å². The van der Waals surface area contributed by atoms with Gasteiger partial charge in [0.2, 0.25) is 0 Å². The van der Waals surface area contributed by atoms with E-state index in [1.807, 2.05) is 0 Å². The van der Waals surface area contributed by atoms with Crippen molar-refractivity contribution in [3.05, 3.63) is 34.9 Å². The molecule has 1 aliphatic heterocycles. The van der Waals surface area contributed by atoms with Crippen LogP contribution in [0, 0.1) is 11.6 Å². The number of halogens is 2. The van der Waals surface area contributed by atoms with Crippen LogP contribution in [0.25, 0.3) is 0 Å². The van der Waals surface area contributed by atoms with E-state index < -0.39 is 29.9 Å². The molecular weight excluding hydrogens is 242 g/mol. The summed E-state index contributed by atoms with van der Waals surface area (Å²) in [5.74, 6) is -1.25. The summed E-state index contributed by atoms with van der Waals surface area (Å²) in [4.78, 5) is 0. The molecule has 5 heteroatoms. The first kappa shape index (κ1) is 13.4. The van der Waals surface area contributed by atoms with Crippen LogP contribution in [0.2, 0.25) is 0 Å². The molecule has 1 aromatic rings. The van der Waals surface area contributed by atoms with Crippen LogP contribution >= 0.6 is 0 Å². The van der Waals surface area contributed by atoms with Gasteiger partial charge in [-0.3, -0.25) is 0 Å². The highest BCUT2D eigenvalue weighted by atomic mass is 19.1. The normalized spacial score (nSPS) is 27.7. The van der Waals surface area contributed by atoms with Crippen LogP contribution in [-0.2, 0) is 11.2 Å². The highest BCUT2D eigenvalue weighted by Gasteiger charge is 2.35. The van der Waals surface area contributed by atoms with Gasteiger partial charge in [-0.2, -0.15) is 0 Å². The van der Waals surface area contributed by atoms with E-state index in [4.69, 9.17) is 9.84 Å². The van der Waals surface area contributed by atoms with Gasteiger partial charge in [0.1, 0.15) is 17.7 Å². The lowest BCUT2D eigenvalue weighted by Crippen LogP contribution is -2.24. The van der Waals surface area contributed by atoms with Gasteiger partial charge in [0.05, 0.1) is 18.8 Å². The molecule has 1 fully saturated rings. The van der Waals surface area contributed by atoms with E-state index in [1.54, 1.807) is 6.92 Å². The zero-order valence-corrected chi connectivity index (χ0v) is 10.1. The van der Waals surface area contributed by atoms with E-state index >= 15 is 0 Å². The van der Waals surface area contributed by atoms with E-state index in [0.29, 0.717) is 12.0 Å². The van der Waals surface area contributed by atoms with Gasteiger partial charge >= 0.3 is 0 Å². The second-order valence-electron chi connectivity index (χ2n) is 4.47. The van der Waals surface area contributed by atoms with Crippen LogP contribution in [-0.4, -0.2) is 29.0 Å². The summed E-state index contributed by atoms with van der Waals surface area (Å²) in [6.07, 6.45) is -1.50. The quantitative estimate of drug-likeness (QED) is 0.867. The number of aliphatic hydroxyl groups is 2. The molecule has 1 heterocycles. The lowest BCUT2D eigenvalue weighted by Gasteiger charge is -2.14. The van der Waals surface area contributed by atoms with Crippen LogP contribution in [0.3, 0.4) is 0 Å². The molecule has 3 nitrogen and oxygen atoms in total. The Bertz CT molecular complexity index is 436. The number of ether oxygens (including phenoxy) is 1. The molecule has 18 heavy (non-hydrogen) atoms. The molecule has 1 aromatic carbocycles. The summed E-state index contributed by atoms with van der Waals surface area (Å²) in [7, 11) is 0. The van der Waals surface area contributed by atoms with Crippen molar-refractivity contribution in [1.82, 2.24) is 0 Å². The monoisotopic (exact) mass is 258 g/mol. The topological polar surface area (TPSA) is 49.7 Å². The zero-order chi connectivity index (χ0) is 13.3. The summed E-state index contributed by atoms with van der Waals surface area (Å²) >= 11 is 0. The Morgan fingerprint density at radius 1 is 1.33 bits per heavy atom. The minimum absolute atomic E-state index is 0.205. The molecule has 0 amide bonds. The average Bonchev–Trinajstić information content (AvgIpc) is 2.70. The molecular formula is C13H16F2O3. The molecule has 1 saturated heterocycles. The van der Waals surface area contributed by atoms with Crippen LogP contribution in [0.15, 0.2) is 12.1 Å². The van der Waals surface area contributed by atoms with Crippen molar-refractivity contribution < 1.29 is 23.7 Å². The largest absolute Gasteiger partial charge is 0.394 e. The predicted octanol–water partition coefficient (Wildman–Crippen LogP) is 1.71. The third-order valence-corrected chi connectivity index (χ3v) is 3.30. The van der Waals surface area contributed by atoms with Crippen molar-refractivity contribution in [2.45, 2.75) is 38.1 Å².